The van der Waals surface area contributed by atoms with E-state index in [1.165, 1.54) is 6.20 Å². The highest BCUT2D eigenvalue weighted by molar-refractivity contribution is 5.46. The third kappa shape index (κ3) is 2.79. The molecule has 7 heteroatoms. The molecule has 0 saturated heterocycles. The first-order valence-electron chi connectivity index (χ1n) is 5.05. The fourth-order valence-electron chi connectivity index (χ4n) is 1.41. The van der Waals surface area contributed by atoms with Crippen LogP contribution in [0.15, 0.2) is 30.6 Å². The number of hydrogen-bond donors (Lipinski definition) is 2. The smallest absolute Gasteiger partial charge is 0.375 e. The van der Waals surface area contributed by atoms with E-state index in [-0.39, 0.29) is 12.2 Å². The summed E-state index contributed by atoms with van der Waals surface area (Å²) < 4.78 is 50.3. The number of rotatable bonds is 3. The number of H-pyrrole nitrogens is 1. The van der Waals surface area contributed by atoms with E-state index in [1.54, 1.807) is 6.20 Å². The van der Waals surface area contributed by atoms with Crippen LogP contribution in [0.3, 0.4) is 0 Å². The molecule has 0 aliphatic carbocycles. The highest BCUT2D eigenvalue weighted by atomic mass is 19.4. The summed E-state index contributed by atoms with van der Waals surface area (Å²) in [5, 5.41) is 2.66. The topological polar surface area (TPSA) is 40.7 Å². The third-order valence-corrected chi connectivity index (χ3v) is 2.30. The second kappa shape index (κ2) is 4.67. The lowest BCUT2D eigenvalue weighted by molar-refractivity contribution is -0.137. The molecule has 1 aromatic heterocycles. The average Bonchev–Trinajstić information content (AvgIpc) is 2.79. The van der Waals surface area contributed by atoms with E-state index in [0.717, 1.165) is 12.1 Å². The van der Waals surface area contributed by atoms with Gasteiger partial charge in [-0.3, -0.25) is 0 Å². The lowest BCUT2D eigenvalue weighted by atomic mass is 10.2. The molecular weight excluding hydrogens is 250 g/mol. The molecule has 0 fully saturated rings. The maximum Gasteiger partial charge on any atom is 0.416 e. The predicted octanol–water partition coefficient (Wildman–Crippen LogP) is 3.18. The van der Waals surface area contributed by atoms with Crippen LogP contribution in [0.2, 0.25) is 0 Å². The Morgan fingerprint density at radius 2 is 2.06 bits per heavy atom. The maximum absolute atomic E-state index is 13.4. The number of imidazole rings is 1. The van der Waals surface area contributed by atoms with E-state index in [4.69, 9.17) is 0 Å². The highest BCUT2D eigenvalue weighted by Gasteiger charge is 2.31. The molecule has 2 rings (SSSR count). The minimum atomic E-state index is -4.54. The predicted molar refractivity (Wildman–Crippen MR) is 57.3 cm³/mol. The van der Waals surface area contributed by atoms with Crippen LogP contribution in [0.25, 0.3) is 0 Å². The summed E-state index contributed by atoms with van der Waals surface area (Å²) in [6.07, 6.45) is -1.42. The first kappa shape index (κ1) is 12.4. The van der Waals surface area contributed by atoms with Crippen molar-refractivity contribution in [1.82, 2.24) is 9.97 Å². The van der Waals surface area contributed by atoms with Gasteiger partial charge in [-0.1, -0.05) is 0 Å². The summed E-state index contributed by atoms with van der Waals surface area (Å²) in [6, 6.07) is 2.35. The van der Waals surface area contributed by atoms with Gasteiger partial charge in [-0.05, 0) is 18.2 Å². The molecule has 1 heterocycles. The Balaban J connectivity index is 2.10. The van der Waals surface area contributed by atoms with Crippen LogP contribution >= 0.6 is 0 Å². The van der Waals surface area contributed by atoms with Crippen LogP contribution in [-0.4, -0.2) is 9.97 Å². The number of nitrogens with one attached hydrogen (secondary N) is 2. The van der Waals surface area contributed by atoms with Gasteiger partial charge in [0.25, 0.3) is 0 Å². The minimum absolute atomic E-state index is 0.000556. The highest BCUT2D eigenvalue weighted by Crippen LogP contribution is 2.31. The summed E-state index contributed by atoms with van der Waals surface area (Å²) in [4.78, 5) is 6.68. The van der Waals surface area contributed by atoms with Gasteiger partial charge in [-0.25, -0.2) is 9.37 Å². The SMILES string of the molecule is Fc1cc(C(F)(F)F)ccc1NCc1ncc[nH]1. The molecule has 0 saturated carbocycles. The molecule has 0 unspecified atom stereocenters. The van der Waals surface area contributed by atoms with E-state index in [0.29, 0.717) is 11.9 Å². The Labute approximate surface area is 99.9 Å². The Morgan fingerprint density at radius 1 is 1.28 bits per heavy atom. The van der Waals surface area contributed by atoms with Crippen molar-refractivity contribution in [3.8, 4) is 0 Å². The van der Waals surface area contributed by atoms with E-state index in [1.807, 2.05) is 0 Å². The van der Waals surface area contributed by atoms with Gasteiger partial charge < -0.3 is 10.3 Å². The molecule has 0 bridgehead atoms. The van der Waals surface area contributed by atoms with Crippen molar-refractivity contribution in [2.75, 3.05) is 5.32 Å². The van der Waals surface area contributed by atoms with E-state index < -0.39 is 17.6 Å². The summed E-state index contributed by atoms with van der Waals surface area (Å²) in [7, 11) is 0. The molecule has 0 radical (unpaired) electrons. The largest absolute Gasteiger partial charge is 0.416 e. The van der Waals surface area contributed by atoms with Crippen molar-refractivity contribution in [2.24, 2.45) is 0 Å². The van der Waals surface area contributed by atoms with Crippen LogP contribution in [0, 0.1) is 5.82 Å². The van der Waals surface area contributed by atoms with Crippen LogP contribution in [0.4, 0.5) is 23.2 Å². The third-order valence-electron chi connectivity index (χ3n) is 2.30. The van der Waals surface area contributed by atoms with Crippen LogP contribution < -0.4 is 5.32 Å². The lowest BCUT2D eigenvalue weighted by Gasteiger charge is -2.10. The van der Waals surface area contributed by atoms with Gasteiger partial charge in [0.15, 0.2) is 0 Å². The van der Waals surface area contributed by atoms with Crippen molar-refractivity contribution < 1.29 is 17.6 Å². The first-order chi connectivity index (χ1) is 8.47. The van der Waals surface area contributed by atoms with Gasteiger partial charge in [0.1, 0.15) is 11.6 Å². The number of nitrogens with zero attached hydrogens (tertiary/aromatic N) is 1. The molecule has 3 nitrogen and oxygen atoms in total. The van der Waals surface area contributed by atoms with Crippen molar-refractivity contribution in [3.63, 3.8) is 0 Å². The number of anilines is 1. The molecule has 2 N–H and O–H groups in total. The molecule has 2 aromatic rings. The summed E-state index contributed by atoms with van der Waals surface area (Å²) >= 11 is 0. The van der Waals surface area contributed by atoms with E-state index in [2.05, 4.69) is 15.3 Å². The molecule has 0 aliphatic heterocycles. The van der Waals surface area contributed by atoms with Gasteiger partial charge >= 0.3 is 6.18 Å². The van der Waals surface area contributed by atoms with E-state index in [9.17, 15) is 17.6 Å². The first-order valence-corrected chi connectivity index (χ1v) is 5.05. The van der Waals surface area contributed by atoms with Crippen molar-refractivity contribution in [1.29, 1.82) is 0 Å². The number of hydrogen-bond acceptors (Lipinski definition) is 2. The molecule has 18 heavy (non-hydrogen) atoms. The number of aromatic nitrogens is 2. The Bertz CT molecular complexity index is 520. The zero-order chi connectivity index (χ0) is 13.2. The van der Waals surface area contributed by atoms with Gasteiger partial charge in [0.05, 0.1) is 17.8 Å². The van der Waals surface area contributed by atoms with Crippen LogP contribution in [0.5, 0.6) is 0 Å². The molecule has 1 aromatic carbocycles. The lowest BCUT2D eigenvalue weighted by Crippen LogP contribution is -2.07. The van der Waals surface area contributed by atoms with Crippen molar-refractivity contribution >= 4 is 5.69 Å². The quantitative estimate of drug-likeness (QED) is 0.831. The summed E-state index contributed by atoms with van der Waals surface area (Å²) in [5.41, 5.74) is -1.01. The standard InChI is InChI=1S/C11H9F4N3/c12-8-5-7(11(13,14)15)1-2-9(8)18-6-10-16-3-4-17-10/h1-5,18H,6H2,(H,16,17). The fraction of sp³-hybridized carbons (Fsp3) is 0.182. The Kier molecular flexibility index (Phi) is 3.22. The normalized spacial score (nSPS) is 11.6. The second-order valence-corrected chi connectivity index (χ2v) is 3.58. The molecular formula is C11H9F4N3. The molecule has 0 amide bonds. The Morgan fingerprint density at radius 3 is 2.61 bits per heavy atom. The Hall–Kier alpha value is -2.05. The molecule has 0 aliphatic rings. The summed E-state index contributed by atoms with van der Waals surface area (Å²) in [6.45, 7) is 0.204. The fourth-order valence-corrected chi connectivity index (χ4v) is 1.41. The van der Waals surface area contributed by atoms with Crippen LogP contribution in [0.1, 0.15) is 11.4 Å². The number of alkyl halides is 3. The van der Waals surface area contributed by atoms with Crippen molar-refractivity contribution in [3.05, 3.63) is 47.8 Å². The number of aromatic amines is 1. The summed E-state index contributed by atoms with van der Waals surface area (Å²) in [5.74, 6) is -0.384. The number of benzene rings is 1. The molecule has 96 valence electrons. The van der Waals surface area contributed by atoms with Gasteiger partial charge in [-0.15, -0.1) is 0 Å². The average molecular weight is 259 g/mol. The van der Waals surface area contributed by atoms with Gasteiger partial charge in [-0.2, -0.15) is 13.2 Å². The zero-order valence-electron chi connectivity index (χ0n) is 9.05. The number of halogens is 4. The maximum atomic E-state index is 13.4. The van der Waals surface area contributed by atoms with E-state index >= 15 is 0 Å². The zero-order valence-corrected chi connectivity index (χ0v) is 9.05. The molecule has 0 atom stereocenters. The monoisotopic (exact) mass is 259 g/mol. The van der Waals surface area contributed by atoms with Crippen LogP contribution in [-0.2, 0) is 12.7 Å². The second-order valence-electron chi connectivity index (χ2n) is 3.58. The van der Waals surface area contributed by atoms with Gasteiger partial charge in [0, 0.05) is 12.4 Å². The van der Waals surface area contributed by atoms with Gasteiger partial charge in [0.2, 0.25) is 0 Å². The molecule has 0 spiro atoms. The van der Waals surface area contributed by atoms with Crippen molar-refractivity contribution in [2.45, 2.75) is 12.7 Å². The minimum Gasteiger partial charge on any atom is -0.375 e.